The van der Waals surface area contributed by atoms with Gasteiger partial charge in [-0.3, -0.25) is 24.0 Å². The Hall–Kier alpha value is -3.67. The average molecular weight is 636 g/mol. The molecular formula is C29H32Cl2N4O6S. The number of halogens is 2. The lowest BCUT2D eigenvalue weighted by atomic mass is 10.1. The topological polar surface area (TPSA) is 130 Å². The molecule has 3 rings (SSSR count). The number of hydrogen-bond acceptors (Lipinski definition) is 6. The Morgan fingerprint density at radius 1 is 1.00 bits per heavy atom. The van der Waals surface area contributed by atoms with E-state index in [2.05, 4.69) is 5.32 Å². The fourth-order valence-electron chi connectivity index (χ4n) is 4.19. The molecule has 42 heavy (non-hydrogen) atoms. The predicted octanol–water partition coefficient (Wildman–Crippen LogP) is 5.68. The molecule has 0 aromatic heterocycles. The van der Waals surface area contributed by atoms with Gasteiger partial charge in [0.25, 0.3) is 15.7 Å². The SMILES string of the molecule is CC[C@H](C(=O)NCC(C)C)N(Cc1ccc(Cl)cc1Cl)C(=O)CN(c1cccc([N+](=O)[O-])c1)S(=O)(=O)c1ccccc1. The van der Waals surface area contributed by atoms with Crippen LogP contribution in [0.2, 0.25) is 10.0 Å². The summed E-state index contributed by atoms with van der Waals surface area (Å²) < 4.78 is 28.5. The number of sulfonamides is 1. The van der Waals surface area contributed by atoms with Crippen molar-refractivity contribution in [1.82, 2.24) is 10.2 Å². The van der Waals surface area contributed by atoms with Gasteiger partial charge in [0.1, 0.15) is 12.6 Å². The summed E-state index contributed by atoms with van der Waals surface area (Å²) in [6, 6.07) is 16.2. The van der Waals surface area contributed by atoms with Crippen LogP contribution in [0.15, 0.2) is 77.7 Å². The zero-order valence-corrected chi connectivity index (χ0v) is 25.7. The summed E-state index contributed by atoms with van der Waals surface area (Å²) in [5, 5.41) is 15.0. The molecule has 1 N–H and O–H groups in total. The minimum atomic E-state index is -4.37. The van der Waals surface area contributed by atoms with Gasteiger partial charge in [0.2, 0.25) is 11.8 Å². The molecule has 1 atom stereocenters. The molecule has 0 saturated heterocycles. The van der Waals surface area contributed by atoms with E-state index < -0.39 is 39.3 Å². The van der Waals surface area contributed by atoms with Crippen molar-refractivity contribution in [2.75, 3.05) is 17.4 Å². The molecule has 0 aliphatic rings. The van der Waals surface area contributed by atoms with Crippen LogP contribution in [0.5, 0.6) is 0 Å². The summed E-state index contributed by atoms with van der Waals surface area (Å²) >= 11 is 12.5. The summed E-state index contributed by atoms with van der Waals surface area (Å²) in [4.78, 5) is 39.4. The highest BCUT2D eigenvalue weighted by Gasteiger charge is 2.34. The third-order valence-electron chi connectivity index (χ3n) is 6.36. The maximum absolute atomic E-state index is 14.1. The maximum atomic E-state index is 14.1. The van der Waals surface area contributed by atoms with Gasteiger partial charge in [-0.15, -0.1) is 0 Å². The number of nitrogens with zero attached hydrogens (tertiary/aromatic N) is 3. The number of amides is 2. The fraction of sp³-hybridized carbons (Fsp3) is 0.310. The van der Waals surface area contributed by atoms with E-state index in [0.717, 1.165) is 10.4 Å². The van der Waals surface area contributed by atoms with Gasteiger partial charge in [-0.1, -0.05) is 74.3 Å². The van der Waals surface area contributed by atoms with Gasteiger partial charge in [-0.05, 0) is 48.2 Å². The van der Waals surface area contributed by atoms with Gasteiger partial charge in [0.15, 0.2) is 0 Å². The molecule has 3 aromatic carbocycles. The first-order chi connectivity index (χ1) is 19.8. The minimum Gasteiger partial charge on any atom is -0.354 e. The third kappa shape index (κ3) is 8.21. The second-order valence-electron chi connectivity index (χ2n) is 9.92. The van der Waals surface area contributed by atoms with Crippen LogP contribution in [0.1, 0.15) is 32.8 Å². The summed E-state index contributed by atoms with van der Waals surface area (Å²) in [5.74, 6) is -0.960. The molecule has 0 unspecified atom stereocenters. The van der Waals surface area contributed by atoms with Crippen LogP contribution < -0.4 is 9.62 Å². The monoisotopic (exact) mass is 634 g/mol. The largest absolute Gasteiger partial charge is 0.354 e. The number of carbonyl (C=O) groups is 2. The van der Waals surface area contributed by atoms with Gasteiger partial charge in [0.05, 0.1) is 15.5 Å². The number of anilines is 1. The Bertz CT molecular complexity index is 1540. The number of rotatable bonds is 13. The molecule has 2 amide bonds. The number of hydrogen-bond donors (Lipinski definition) is 1. The second kappa shape index (κ2) is 14.5. The second-order valence-corrected chi connectivity index (χ2v) is 12.6. The molecule has 0 aliphatic heterocycles. The Balaban J connectivity index is 2.10. The van der Waals surface area contributed by atoms with Gasteiger partial charge >= 0.3 is 0 Å². The summed E-state index contributed by atoms with van der Waals surface area (Å²) in [6.07, 6.45) is 0.225. The van der Waals surface area contributed by atoms with E-state index >= 15 is 0 Å². The first-order valence-electron chi connectivity index (χ1n) is 13.2. The summed E-state index contributed by atoms with van der Waals surface area (Å²) in [5.41, 5.74) is 0.0676. The molecule has 0 heterocycles. The van der Waals surface area contributed by atoms with E-state index in [4.69, 9.17) is 23.2 Å². The molecule has 0 aliphatic carbocycles. The van der Waals surface area contributed by atoms with Crippen LogP contribution in [0.4, 0.5) is 11.4 Å². The molecule has 224 valence electrons. The van der Waals surface area contributed by atoms with Crippen LogP contribution in [0.25, 0.3) is 0 Å². The van der Waals surface area contributed by atoms with Crippen molar-refractivity contribution >= 4 is 56.4 Å². The van der Waals surface area contributed by atoms with E-state index in [1.54, 1.807) is 25.1 Å². The molecular weight excluding hydrogens is 603 g/mol. The molecule has 0 fully saturated rings. The zero-order valence-electron chi connectivity index (χ0n) is 23.4. The zero-order chi connectivity index (χ0) is 31.0. The number of benzene rings is 3. The minimum absolute atomic E-state index is 0.0804. The lowest BCUT2D eigenvalue weighted by Gasteiger charge is -2.33. The Morgan fingerprint density at radius 3 is 2.29 bits per heavy atom. The quantitative estimate of drug-likeness (QED) is 0.190. The summed E-state index contributed by atoms with van der Waals surface area (Å²) in [7, 11) is -4.37. The Morgan fingerprint density at radius 2 is 1.69 bits per heavy atom. The van der Waals surface area contributed by atoms with Gasteiger partial charge in [0, 0.05) is 35.3 Å². The van der Waals surface area contributed by atoms with Crippen molar-refractivity contribution < 1.29 is 22.9 Å². The lowest BCUT2D eigenvalue weighted by Crippen LogP contribution is -2.52. The maximum Gasteiger partial charge on any atom is 0.271 e. The van der Waals surface area contributed by atoms with Gasteiger partial charge < -0.3 is 10.2 Å². The van der Waals surface area contributed by atoms with Crippen molar-refractivity contribution in [2.24, 2.45) is 5.92 Å². The van der Waals surface area contributed by atoms with Crippen molar-refractivity contribution in [3.8, 4) is 0 Å². The van der Waals surface area contributed by atoms with E-state index in [1.807, 2.05) is 13.8 Å². The number of non-ortho nitro benzene ring substituents is 1. The smallest absolute Gasteiger partial charge is 0.271 e. The van der Waals surface area contributed by atoms with Gasteiger partial charge in [-0.25, -0.2) is 8.42 Å². The normalized spacial score (nSPS) is 12.0. The van der Waals surface area contributed by atoms with E-state index in [1.165, 1.54) is 53.4 Å². The van der Waals surface area contributed by atoms with Crippen molar-refractivity contribution in [2.45, 2.75) is 44.7 Å². The molecule has 0 saturated carbocycles. The lowest BCUT2D eigenvalue weighted by molar-refractivity contribution is -0.384. The standard InChI is InChI=1S/C29H32Cl2N4O6S/c1-4-27(29(37)32-17-20(2)3)33(18-21-13-14-22(30)15-26(21)31)28(36)19-34(23-9-8-10-24(16-23)35(38)39)42(40,41)25-11-6-5-7-12-25/h5-16,20,27H,4,17-19H2,1-3H3,(H,32,37)/t27-/m1/s1. The highest BCUT2D eigenvalue weighted by atomic mass is 35.5. The van der Waals surface area contributed by atoms with Crippen LogP contribution in [-0.4, -0.2) is 49.2 Å². The average Bonchev–Trinajstić information content (AvgIpc) is 2.96. The molecule has 3 aromatic rings. The highest BCUT2D eigenvalue weighted by molar-refractivity contribution is 7.92. The van der Waals surface area contributed by atoms with E-state index in [0.29, 0.717) is 17.1 Å². The van der Waals surface area contributed by atoms with Crippen molar-refractivity contribution in [3.63, 3.8) is 0 Å². The molecule has 0 radical (unpaired) electrons. The molecule has 13 heteroatoms. The highest BCUT2D eigenvalue weighted by Crippen LogP contribution is 2.29. The molecule has 0 spiro atoms. The van der Waals surface area contributed by atoms with Crippen LogP contribution in [-0.2, 0) is 26.2 Å². The number of nitro groups is 1. The van der Waals surface area contributed by atoms with Crippen molar-refractivity contribution in [3.05, 3.63) is 98.5 Å². The Labute approximate surface area is 255 Å². The predicted molar refractivity (Wildman–Crippen MR) is 163 cm³/mol. The van der Waals surface area contributed by atoms with Crippen molar-refractivity contribution in [1.29, 1.82) is 0 Å². The summed E-state index contributed by atoms with van der Waals surface area (Å²) in [6.45, 7) is 5.13. The Kier molecular flexibility index (Phi) is 11.3. The number of nitrogens with one attached hydrogen (secondary N) is 1. The van der Waals surface area contributed by atoms with Crippen LogP contribution in [0, 0.1) is 16.0 Å². The van der Waals surface area contributed by atoms with Crippen LogP contribution in [0.3, 0.4) is 0 Å². The first-order valence-corrected chi connectivity index (χ1v) is 15.4. The fourth-order valence-corrected chi connectivity index (χ4v) is 6.08. The van der Waals surface area contributed by atoms with Crippen LogP contribution >= 0.6 is 23.2 Å². The molecule has 10 nitrogen and oxygen atoms in total. The van der Waals surface area contributed by atoms with E-state index in [9.17, 15) is 28.1 Å². The number of nitro benzene ring substituents is 1. The third-order valence-corrected chi connectivity index (χ3v) is 8.74. The van der Waals surface area contributed by atoms with E-state index in [-0.39, 0.29) is 40.2 Å². The molecule has 0 bridgehead atoms. The first kappa shape index (κ1) is 32.8. The van der Waals surface area contributed by atoms with Gasteiger partial charge in [-0.2, -0.15) is 0 Å². The number of carbonyl (C=O) groups excluding carboxylic acids is 2.